The first-order valence-electron chi connectivity index (χ1n) is 12.2. The van der Waals surface area contributed by atoms with Crippen molar-refractivity contribution in [1.29, 1.82) is 0 Å². The quantitative estimate of drug-likeness (QED) is 0.360. The fourth-order valence-electron chi connectivity index (χ4n) is 5.87. The van der Waals surface area contributed by atoms with Gasteiger partial charge in [-0.25, -0.2) is 22.2 Å². The van der Waals surface area contributed by atoms with Crippen LogP contribution in [-0.2, 0) is 9.84 Å². The van der Waals surface area contributed by atoms with E-state index in [-0.39, 0.29) is 39.7 Å². The van der Waals surface area contributed by atoms with Gasteiger partial charge in [0, 0.05) is 17.3 Å². The van der Waals surface area contributed by atoms with Crippen LogP contribution >= 0.6 is 11.6 Å². The number of amides is 1. The summed E-state index contributed by atoms with van der Waals surface area (Å²) in [5.41, 5.74) is -1.79. The van der Waals surface area contributed by atoms with Crippen molar-refractivity contribution in [3.05, 3.63) is 88.5 Å². The highest BCUT2D eigenvalue weighted by molar-refractivity contribution is 7.92. The maximum Gasteiger partial charge on any atom is 0.255 e. The molecule has 1 unspecified atom stereocenters. The Morgan fingerprint density at radius 3 is 2.36 bits per heavy atom. The van der Waals surface area contributed by atoms with Gasteiger partial charge in [-0.1, -0.05) is 17.7 Å². The highest BCUT2D eigenvalue weighted by atomic mass is 35.5. The van der Waals surface area contributed by atoms with E-state index in [1.807, 2.05) is 0 Å². The number of nitrogens with one attached hydrogen (secondary N) is 1. The third-order valence-corrected chi connectivity index (χ3v) is 10.5. The summed E-state index contributed by atoms with van der Waals surface area (Å²) in [6, 6.07) is 10.4. The highest BCUT2D eigenvalue weighted by Crippen LogP contribution is 2.56. The van der Waals surface area contributed by atoms with Crippen LogP contribution in [0.5, 0.6) is 0 Å². The first-order chi connectivity index (χ1) is 18.4. The summed E-state index contributed by atoms with van der Waals surface area (Å²) in [5, 5.41) is 23.9. The predicted molar refractivity (Wildman–Crippen MR) is 136 cm³/mol. The van der Waals surface area contributed by atoms with Gasteiger partial charge in [0.2, 0.25) is 5.95 Å². The molecule has 5 rings (SSSR count). The largest absolute Gasteiger partial charge is 0.386 e. The minimum atomic E-state index is -4.10. The Morgan fingerprint density at radius 2 is 1.72 bits per heavy atom. The zero-order valence-corrected chi connectivity index (χ0v) is 21.9. The molecule has 39 heavy (non-hydrogen) atoms. The van der Waals surface area contributed by atoms with Crippen LogP contribution in [0.25, 0.3) is 0 Å². The smallest absolute Gasteiger partial charge is 0.255 e. The van der Waals surface area contributed by atoms with E-state index in [0.717, 1.165) is 30.3 Å². The molecule has 2 saturated carbocycles. The van der Waals surface area contributed by atoms with E-state index in [1.165, 1.54) is 24.3 Å². The van der Waals surface area contributed by atoms with Gasteiger partial charge in [0.05, 0.1) is 20.9 Å². The second-order valence-corrected chi connectivity index (χ2v) is 12.6. The molecule has 2 fully saturated rings. The Bertz CT molecular complexity index is 1540. The van der Waals surface area contributed by atoms with Crippen LogP contribution in [0.3, 0.4) is 0 Å². The first-order valence-corrected chi connectivity index (χ1v) is 14.2. The van der Waals surface area contributed by atoms with Crippen LogP contribution in [0.15, 0.2) is 59.5 Å². The highest BCUT2D eigenvalue weighted by Gasteiger charge is 2.59. The summed E-state index contributed by atoms with van der Waals surface area (Å²) in [6.45, 7) is 0. The number of carbonyl (C=O) groups is 1. The summed E-state index contributed by atoms with van der Waals surface area (Å²) in [6.07, 6.45) is -0.540. The molecule has 3 N–H and O–H groups in total. The standard InChI is InChI=1S/C27H24ClF3N2O5S/c28-19-8-4-14(26(35)32-17-7-9-20(29)21(30)13-17)10-23(19)39(37,38)18-11-15-5-6-16(12-18)27(15,36)25(34)22-2-1-3-24(31)33-22/h1-4,7-10,13,15-16,18,25,34,36H,5-6,11-12H2,(H,32,35)/t15-,16?,18-,25-,27-/m0/s1. The minimum absolute atomic E-state index is 0.0172. The van der Waals surface area contributed by atoms with Crippen LogP contribution in [-0.4, -0.2) is 40.4 Å². The summed E-state index contributed by atoms with van der Waals surface area (Å²) in [5.74, 6) is -5.00. The summed E-state index contributed by atoms with van der Waals surface area (Å²) in [7, 11) is -4.10. The zero-order chi connectivity index (χ0) is 28.1. The maximum absolute atomic E-state index is 13.7. The number of rotatable bonds is 6. The number of sulfone groups is 1. The fraction of sp³-hybridized carbons (Fsp3) is 0.333. The summed E-state index contributed by atoms with van der Waals surface area (Å²) < 4.78 is 67.8. The molecule has 0 aliphatic heterocycles. The van der Waals surface area contributed by atoms with Crippen LogP contribution in [0.2, 0.25) is 5.02 Å². The average molecular weight is 581 g/mol. The Labute approximate surface area is 227 Å². The van der Waals surface area contributed by atoms with E-state index in [2.05, 4.69) is 10.3 Å². The third-order valence-electron chi connectivity index (χ3n) is 7.84. The van der Waals surface area contributed by atoms with E-state index in [9.17, 15) is 36.6 Å². The van der Waals surface area contributed by atoms with Crippen molar-refractivity contribution in [3.8, 4) is 0 Å². The predicted octanol–water partition coefficient (Wildman–Crippen LogP) is 4.83. The number of carbonyl (C=O) groups excluding carboxylic acids is 1. The molecule has 0 saturated heterocycles. The van der Waals surface area contributed by atoms with Crippen molar-refractivity contribution in [1.82, 2.24) is 4.98 Å². The third kappa shape index (κ3) is 4.93. The molecule has 2 aromatic carbocycles. The lowest BCUT2D eigenvalue weighted by molar-refractivity contribution is -0.146. The monoisotopic (exact) mass is 580 g/mol. The lowest BCUT2D eigenvalue weighted by Crippen LogP contribution is -2.52. The molecule has 7 nitrogen and oxygen atoms in total. The Hall–Kier alpha value is -2.99. The maximum atomic E-state index is 13.7. The molecule has 1 amide bonds. The Balaban J connectivity index is 1.39. The van der Waals surface area contributed by atoms with E-state index in [1.54, 1.807) is 0 Å². The lowest BCUT2D eigenvalue weighted by Gasteiger charge is -2.45. The van der Waals surface area contributed by atoms with Crippen LogP contribution in [0.1, 0.15) is 47.8 Å². The molecule has 2 aliphatic carbocycles. The summed E-state index contributed by atoms with van der Waals surface area (Å²) in [4.78, 5) is 16.2. The normalized spacial score (nSPS) is 25.3. The average Bonchev–Trinajstić information content (AvgIpc) is 3.05. The van der Waals surface area contributed by atoms with Crippen molar-refractivity contribution >= 4 is 33.0 Å². The van der Waals surface area contributed by atoms with Crippen molar-refractivity contribution in [2.75, 3.05) is 5.32 Å². The second kappa shape index (κ2) is 10.2. The zero-order valence-electron chi connectivity index (χ0n) is 20.3. The number of hydrogen-bond acceptors (Lipinski definition) is 6. The molecular weight excluding hydrogens is 557 g/mol. The van der Waals surface area contributed by atoms with Gasteiger partial charge >= 0.3 is 0 Å². The number of halogens is 4. The molecule has 5 atom stereocenters. The van der Waals surface area contributed by atoms with Crippen LogP contribution in [0.4, 0.5) is 18.9 Å². The molecule has 1 aromatic heterocycles. The molecule has 2 aliphatic rings. The van der Waals surface area contributed by atoms with Crippen LogP contribution < -0.4 is 5.32 Å². The van der Waals surface area contributed by atoms with Gasteiger partial charge in [-0.05, 0) is 80.0 Å². The Morgan fingerprint density at radius 1 is 1.03 bits per heavy atom. The summed E-state index contributed by atoms with van der Waals surface area (Å²) >= 11 is 6.26. The van der Waals surface area contributed by atoms with Gasteiger partial charge in [0.1, 0.15) is 11.7 Å². The van der Waals surface area contributed by atoms with Crippen molar-refractivity contribution in [3.63, 3.8) is 0 Å². The van der Waals surface area contributed by atoms with Gasteiger partial charge in [0.25, 0.3) is 5.91 Å². The molecular formula is C27H24ClF3N2O5S. The van der Waals surface area contributed by atoms with Crippen molar-refractivity contribution in [2.24, 2.45) is 11.8 Å². The minimum Gasteiger partial charge on any atom is -0.386 e. The number of pyridine rings is 1. The van der Waals surface area contributed by atoms with Crippen molar-refractivity contribution in [2.45, 2.75) is 47.5 Å². The molecule has 12 heteroatoms. The van der Waals surface area contributed by atoms with Crippen LogP contribution in [0, 0.1) is 29.4 Å². The number of anilines is 1. The van der Waals surface area contributed by atoms with Gasteiger partial charge in [0.15, 0.2) is 21.5 Å². The van der Waals surface area contributed by atoms with Crippen molar-refractivity contribution < 1.29 is 36.6 Å². The van der Waals surface area contributed by atoms with E-state index in [0.29, 0.717) is 12.8 Å². The molecule has 0 spiro atoms. The van der Waals surface area contributed by atoms with E-state index >= 15 is 0 Å². The Kier molecular flexibility index (Phi) is 7.21. The molecule has 0 radical (unpaired) electrons. The molecule has 206 valence electrons. The topological polar surface area (TPSA) is 117 Å². The molecule has 2 bridgehead atoms. The van der Waals surface area contributed by atoms with E-state index in [4.69, 9.17) is 11.6 Å². The number of aromatic nitrogens is 1. The number of nitrogens with zero attached hydrogens (tertiary/aromatic N) is 1. The molecule has 1 heterocycles. The number of fused-ring (bicyclic) bond motifs is 2. The fourth-order valence-corrected chi connectivity index (χ4v) is 8.28. The van der Waals surface area contributed by atoms with Gasteiger partial charge in [-0.2, -0.15) is 4.39 Å². The number of aliphatic hydroxyl groups excluding tert-OH is 1. The lowest BCUT2D eigenvalue weighted by atomic mass is 9.70. The van der Waals surface area contributed by atoms with Gasteiger partial charge in [-0.15, -0.1) is 0 Å². The van der Waals surface area contributed by atoms with E-state index < -0.39 is 62.1 Å². The van der Waals surface area contributed by atoms with Gasteiger partial charge < -0.3 is 15.5 Å². The first kappa shape index (κ1) is 27.6. The number of aliphatic hydroxyl groups is 2. The number of benzene rings is 2. The SMILES string of the molecule is O=C(Nc1ccc(F)c(F)c1)c1ccc(Cl)c(S(=O)(=O)[C@@H]2CC3CC[C@@H](C2)[C@@]3(O)[C@@H](O)c2cccc(F)n2)c1. The molecule has 3 aromatic rings. The van der Waals surface area contributed by atoms with Gasteiger partial charge in [-0.3, -0.25) is 4.79 Å². The second-order valence-electron chi connectivity index (χ2n) is 10.0. The number of hydrogen-bond donors (Lipinski definition) is 3.